The number of amides is 4. The van der Waals surface area contributed by atoms with E-state index in [1.807, 2.05) is 32.0 Å². The van der Waals surface area contributed by atoms with Crippen molar-refractivity contribution in [1.29, 1.82) is 0 Å². The van der Waals surface area contributed by atoms with Crippen molar-refractivity contribution in [2.24, 2.45) is 0 Å². The third-order valence-corrected chi connectivity index (χ3v) is 5.42. The van der Waals surface area contributed by atoms with Gasteiger partial charge in [0, 0.05) is 25.4 Å². The standard InChI is InChI=1S/C22H34N4O4/c1-16-8-7-11-19(17(16)2)24-20(27)14-26(12-13-30-3)15-21(28)25-22(29)23-18-9-5-4-6-10-18/h7-8,11,18H,4-6,9-10,12-15H2,1-3H3,(H,24,27)(H2,23,25,28,29). The molecule has 1 aromatic carbocycles. The highest BCUT2D eigenvalue weighted by Crippen LogP contribution is 2.18. The Labute approximate surface area is 178 Å². The molecule has 1 aliphatic rings. The van der Waals surface area contributed by atoms with Crippen LogP contribution in [0.2, 0.25) is 0 Å². The van der Waals surface area contributed by atoms with Crippen LogP contribution in [-0.4, -0.2) is 62.1 Å². The minimum absolute atomic E-state index is 0.0222. The number of hydrogen-bond donors (Lipinski definition) is 3. The molecule has 0 radical (unpaired) electrons. The van der Waals surface area contributed by atoms with E-state index in [2.05, 4.69) is 16.0 Å². The van der Waals surface area contributed by atoms with Crippen molar-refractivity contribution in [2.75, 3.05) is 38.7 Å². The summed E-state index contributed by atoms with van der Waals surface area (Å²) in [5.74, 6) is -0.668. The molecular formula is C22H34N4O4. The van der Waals surface area contributed by atoms with Gasteiger partial charge in [0.2, 0.25) is 11.8 Å². The van der Waals surface area contributed by atoms with Crippen LogP contribution in [0.4, 0.5) is 10.5 Å². The summed E-state index contributed by atoms with van der Waals surface area (Å²) in [4.78, 5) is 38.6. The first-order valence-electron chi connectivity index (χ1n) is 10.6. The maximum absolute atomic E-state index is 12.5. The maximum atomic E-state index is 12.5. The van der Waals surface area contributed by atoms with Gasteiger partial charge in [-0.1, -0.05) is 31.4 Å². The monoisotopic (exact) mass is 418 g/mol. The number of nitrogens with zero attached hydrogens (tertiary/aromatic N) is 1. The molecule has 0 atom stereocenters. The average Bonchev–Trinajstić information content (AvgIpc) is 2.70. The molecule has 0 spiro atoms. The molecule has 8 nitrogen and oxygen atoms in total. The van der Waals surface area contributed by atoms with E-state index < -0.39 is 11.9 Å². The fourth-order valence-electron chi connectivity index (χ4n) is 3.55. The third-order valence-electron chi connectivity index (χ3n) is 5.42. The lowest BCUT2D eigenvalue weighted by molar-refractivity contribution is -0.122. The molecule has 4 amide bonds. The smallest absolute Gasteiger partial charge is 0.321 e. The maximum Gasteiger partial charge on any atom is 0.321 e. The molecule has 1 aliphatic carbocycles. The minimum Gasteiger partial charge on any atom is -0.383 e. The number of rotatable bonds is 9. The van der Waals surface area contributed by atoms with Gasteiger partial charge >= 0.3 is 6.03 Å². The summed E-state index contributed by atoms with van der Waals surface area (Å²) in [6, 6.07) is 5.37. The van der Waals surface area contributed by atoms with Gasteiger partial charge < -0.3 is 15.4 Å². The van der Waals surface area contributed by atoms with Crippen LogP contribution in [0.1, 0.15) is 43.2 Å². The molecule has 8 heteroatoms. The highest BCUT2D eigenvalue weighted by atomic mass is 16.5. The van der Waals surface area contributed by atoms with Crippen LogP contribution in [-0.2, 0) is 14.3 Å². The first-order valence-corrected chi connectivity index (χ1v) is 10.6. The summed E-state index contributed by atoms with van der Waals surface area (Å²) in [5.41, 5.74) is 2.85. The number of benzene rings is 1. The summed E-state index contributed by atoms with van der Waals surface area (Å²) >= 11 is 0. The van der Waals surface area contributed by atoms with Crippen molar-refractivity contribution in [3.63, 3.8) is 0 Å². The van der Waals surface area contributed by atoms with E-state index in [9.17, 15) is 14.4 Å². The molecule has 0 heterocycles. The van der Waals surface area contributed by atoms with Crippen LogP contribution >= 0.6 is 0 Å². The van der Waals surface area contributed by atoms with Crippen molar-refractivity contribution in [2.45, 2.75) is 52.0 Å². The van der Waals surface area contributed by atoms with Crippen LogP contribution < -0.4 is 16.0 Å². The van der Waals surface area contributed by atoms with Crippen LogP contribution in [0.5, 0.6) is 0 Å². The fourth-order valence-corrected chi connectivity index (χ4v) is 3.55. The normalized spacial score (nSPS) is 14.4. The summed E-state index contributed by atoms with van der Waals surface area (Å²) in [6.07, 6.45) is 5.27. The molecule has 0 bridgehead atoms. The lowest BCUT2D eigenvalue weighted by Crippen LogP contribution is -2.49. The zero-order valence-corrected chi connectivity index (χ0v) is 18.3. The van der Waals surface area contributed by atoms with Gasteiger partial charge in [-0.2, -0.15) is 0 Å². The van der Waals surface area contributed by atoms with Crippen LogP contribution in [0.15, 0.2) is 18.2 Å². The van der Waals surface area contributed by atoms with Crippen LogP contribution in [0.3, 0.4) is 0 Å². The number of carbonyl (C=O) groups is 3. The first kappa shape index (κ1) is 23.8. The van der Waals surface area contributed by atoms with Gasteiger partial charge in [-0.05, 0) is 43.9 Å². The topological polar surface area (TPSA) is 99.8 Å². The first-order chi connectivity index (χ1) is 14.4. The average molecular weight is 419 g/mol. The van der Waals surface area contributed by atoms with Crippen molar-refractivity contribution in [3.8, 4) is 0 Å². The quantitative estimate of drug-likeness (QED) is 0.572. The number of methoxy groups -OCH3 is 1. The number of ether oxygens (including phenoxy) is 1. The number of carbonyl (C=O) groups excluding carboxylic acids is 3. The van der Waals surface area contributed by atoms with E-state index in [-0.39, 0.29) is 25.0 Å². The summed E-state index contributed by atoms with van der Waals surface area (Å²) < 4.78 is 5.09. The van der Waals surface area contributed by atoms with Crippen molar-refractivity contribution < 1.29 is 19.1 Å². The Kier molecular flexibility index (Phi) is 9.76. The number of aryl methyl sites for hydroxylation is 1. The molecule has 0 saturated heterocycles. The van der Waals surface area contributed by atoms with Crippen molar-refractivity contribution in [3.05, 3.63) is 29.3 Å². The van der Waals surface area contributed by atoms with Gasteiger partial charge in [0.05, 0.1) is 19.7 Å². The molecule has 0 aromatic heterocycles. The number of urea groups is 1. The largest absolute Gasteiger partial charge is 0.383 e. The number of imide groups is 1. The predicted molar refractivity (Wildman–Crippen MR) is 116 cm³/mol. The van der Waals surface area contributed by atoms with Gasteiger partial charge in [0.15, 0.2) is 0 Å². The second kappa shape index (κ2) is 12.3. The zero-order chi connectivity index (χ0) is 21.9. The molecule has 1 fully saturated rings. The van der Waals surface area contributed by atoms with E-state index in [0.717, 1.165) is 42.5 Å². The second-order valence-electron chi connectivity index (χ2n) is 7.86. The summed E-state index contributed by atoms with van der Waals surface area (Å²) in [5, 5.41) is 8.12. The SMILES string of the molecule is COCCN(CC(=O)NC(=O)NC1CCCCC1)CC(=O)Nc1cccc(C)c1C. The van der Waals surface area contributed by atoms with E-state index >= 15 is 0 Å². The minimum atomic E-state index is -0.474. The van der Waals surface area contributed by atoms with Crippen molar-refractivity contribution >= 4 is 23.5 Å². The Hall–Kier alpha value is -2.45. The summed E-state index contributed by atoms with van der Waals surface area (Å²) in [6.45, 7) is 4.66. The highest BCUT2D eigenvalue weighted by Gasteiger charge is 2.19. The van der Waals surface area contributed by atoms with E-state index in [1.54, 1.807) is 12.0 Å². The second-order valence-corrected chi connectivity index (χ2v) is 7.86. The lowest BCUT2D eigenvalue weighted by atomic mass is 9.96. The molecule has 30 heavy (non-hydrogen) atoms. The van der Waals surface area contributed by atoms with E-state index in [4.69, 9.17) is 4.74 Å². The molecule has 2 rings (SSSR count). The zero-order valence-electron chi connectivity index (χ0n) is 18.3. The molecule has 0 unspecified atom stereocenters. The van der Waals surface area contributed by atoms with Gasteiger partial charge in [-0.15, -0.1) is 0 Å². The molecule has 1 aromatic rings. The predicted octanol–water partition coefficient (Wildman–Crippen LogP) is 2.35. The Bertz CT molecular complexity index is 732. The van der Waals surface area contributed by atoms with E-state index in [1.165, 1.54) is 6.42 Å². The molecular weight excluding hydrogens is 384 g/mol. The van der Waals surface area contributed by atoms with E-state index in [0.29, 0.717) is 13.2 Å². The Morgan fingerprint density at radius 2 is 1.77 bits per heavy atom. The lowest BCUT2D eigenvalue weighted by Gasteiger charge is -2.24. The van der Waals surface area contributed by atoms with Crippen LogP contribution in [0, 0.1) is 13.8 Å². The third kappa shape index (κ3) is 8.12. The number of hydrogen-bond acceptors (Lipinski definition) is 5. The van der Waals surface area contributed by atoms with Gasteiger partial charge in [0.25, 0.3) is 0 Å². The molecule has 1 saturated carbocycles. The Morgan fingerprint density at radius 3 is 2.47 bits per heavy atom. The van der Waals surface area contributed by atoms with Gasteiger partial charge in [0.1, 0.15) is 0 Å². The highest BCUT2D eigenvalue weighted by molar-refractivity contribution is 5.96. The fraction of sp³-hybridized carbons (Fsp3) is 0.591. The summed E-state index contributed by atoms with van der Waals surface area (Å²) in [7, 11) is 1.56. The number of nitrogens with one attached hydrogen (secondary N) is 3. The van der Waals surface area contributed by atoms with Gasteiger partial charge in [-0.3, -0.25) is 19.8 Å². The molecule has 166 valence electrons. The van der Waals surface area contributed by atoms with Crippen molar-refractivity contribution in [1.82, 2.24) is 15.5 Å². The molecule has 3 N–H and O–H groups in total. The Balaban J connectivity index is 1.85. The van der Waals surface area contributed by atoms with Crippen LogP contribution in [0.25, 0.3) is 0 Å². The number of anilines is 1. The van der Waals surface area contributed by atoms with Gasteiger partial charge in [-0.25, -0.2) is 4.79 Å². The molecule has 0 aliphatic heterocycles. The Morgan fingerprint density at radius 1 is 1.07 bits per heavy atom.